The van der Waals surface area contributed by atoms with E-state index in [9.17, 15) is 13.5 Å². The van der Waals surface area contributed by atoms with Gasteiger partial charge in [-0.1, -0.05) is 6.07 Å². The van der Waals surface area contributed by atoms with Crippen LogP contribution in [0.1, 0.15) is 18.6 Å². The molecule has 0 fully saturated rings. The number of hydrogen-bond donors (Lipinski definition) is 3. The fourth-order valence-electron chi connectivity index (χ4n) is 2.62. The standard InChI is InChI=1S/C18H21N3O4S/c1-13(9-20-11-18(22)16-5-7-25-12-16)21-26(23,24)17-3-2-15-10-19-6-4-14(15)8-17/h2-8,10,12-13,18,20-22H,9,11H2,1H3/t13-,18?/m1/s1. The Hall–Kier alpha value is -2.26. The van der Waals surface area contributed by atoms with Crippen LogP contribution in [0.25, 0.3) is 10.8 Å². The van der Waals surface area contributed by atoms with Crippen molar-refractivity contribution in [3.63, 3.8) is 0 Å². The zero-order chi connectivity index (χ0) is 18.6. The van der Waals surface area contributed by atoms with Gasteiger partial charge in [0, 0.05) is 42.5 Å². The predicted molar refractivity (Wildman–Crippen MR) is 98.1 cm³/mol. The molecule has 0 aliphatic rings. The second-order valence-corrected chi connectivity index (χ2v) is 7.85. The smallest absolute Gasteiger partial charge is 0.240 e. The highest BCUT2D eigenvalue weighted by atomic mass is 32.2. The monoisotopic (exact) mass is 375 g/mol. The molecular formula is C18H21N3O4S. The van der Waals surface area contributed by atoms with Crippen molar-refractivity contribution in [1.29, 1.82) is 0 Å². The lowest BCUT2D eigenvalue weighted by molar-refractivity contribution is 0.173. The van der Waals surface area contributed by atoms with Crippen LogP contribution in [0.5, 0.6) is 0 Å². The number of rotatable bonds is 8. The van der Waals surface area contributed by atoms with Gasteiger partial charge in [0.15, 0.2) is 0 Å². The minimum Gasteiger partial charge on any atom is -0.472 e. The Morgan fingerprint density at radius 1 is 1.19 bits per heavy atom. The van der Waals surface area contributed by atoms with E-state index in [0.29, 0.717) is 18.7 Å². The van der Waals surface area contributed by atoms with E-state index in [0.717, 1.165) is 10.8 Å². The van der Waals surface area contributed by atoms with E-state index in [2.05, 4.69) is 15.0 Å². The Morgan fingerprint density at radius 3 is 2.81 bits per heavy atom. The summed E-state index contributed by atoms with van der Waals surface area (Å²) in [5.41, 5.74) is 0.677. The van der Waals surface area contributed by atoms with Crippen molar-refractivity contribution in [3.05, 3.63) is 60.8 Å². The van der Waals surface area contributed by atoms with E-state index in [1.54, 1.807) is 49.6 Å². The van der Waals surface area contributed by atoms with Gasteiger partial charge < -0.3 is 14.8 Å². The van der Waals surface area contributed by atoms with E-state index in [1.165, 1.54) is 12.5 Å². The predicted octanol–water partition coefficient (Wildman–Crippen LogP) is 1.82. The van der Waals surface area contributed by atoms with Gasteiger partial charge in [0.25, 0.3) is 0 Å². The van der Waals surface area contributed by atoms with Crippen molar-refractivity contribution in [3.8, 4) is 0 Å². The summed E-state index contributed by atoms with van der Waals surface area (Å²) >= 11 is 0. The molecule has 0 radical (unpaired) electrons. The lowest BCUT2D eigenvalue weighted by atomic mass is 10.2. The zero-order valence-corrected chi connectivity index (χ0v) is 15.1. The molecular weight excluding hydrogens is 354 g/mol. The summed E-state index contributed by atoms with van der Waals surface area (Å²) in [6.45, 7) is 2.44. The van der Waals surface area contributed by atoms with E-state index in [1.807, 2.05) is 0 Å². The van der Waals surface area contributed by atoms with Crippen LogP contribution < -0.4 is 10.0 Å². The van der Waals surface area contributed by atoms with Crippen LogP contribution in [-0.2, 0) is 10.0 Å². The number of benzene rings is 1. The van der Waals surface area contributed by atoms with Gasteiger partial charge in [0.05, 0.1) is 23.5 Å². The molecule has 7 nitrogen and oxygen atoms in total. The van der Waals surface area contributed by atoms with E-state index < -0.39 is 16.1 Å². The molecule has 0 spiro atoms. The Morgan fingerprint density at radius 2 is 2.04 bits per heavy atom. The third kappa shape index (κ3) is 4.47. The van der Waals surface area contributed by atoms with Gasteiger partial charge in [0.1, 0.15) is 0 Å². The maximum absolute atomic E-state index is 12.6. The van der Waals surface area contributed by atoms with Gasteiger partial charge in [0.2, 0.25) is 10.0 Å². The number of nitrogens with one attached hydrogen (secondary N) is 2. The normalized spacial score (nSPS) is 14.4. The molecule has 3 aromatic rings. The molecule has 0 bridgehead atoms. The molecule has 2 heterocycles. The molecule has 3 rings (SSSR count). The number of nitrogens with zero attached hydrogens (tertiary/aromatic N) is 1. The Balaban J connectivity index is 1.57. The van der Waals surface area contributed by atoms with Crippen LogP contribution in [0.4, 0.5) is 0 Å². The summed E-state index contributed by atoms with van der Waals surface area (Å²) in [6.07, 6.45) is 5.59. The Kier molecular flexibility index (Phi) is 5.67. The SMILES string of the molecule is C[C@H](CNCC(O)c1ccoc1)NS(=O)(=O)c1ccc2cnccc2c1. The largest absolute Gasteiger partial charge is 0.472 e. The summed E-state index contributed by atoms with van der Waals surface area (Å²) in [4.78, 5) is 4.23. The van der Waals surface area contributed by atoms with E-state index in [-0.39, 0.29) is 10.9 Å². The van der Waals surface area contributed by atoms with Crippen molar-refractivity contribution in [2.75, 3.05) is 13.1 Å². The molecule has 26 heavy (non-hydrogen) atoms. The summed E-state index contributed by atoms with van der Waals surface area (Å²) in [5, 5.41) is 14.7. The van der Waals surface area contributed by atoms with Crippen LogP contribution in [0.15, 0.2) is 64.6 Å². The number of pyridine rings is 1. The molecule has 3 N–H and O–H groups in total. The average molecular weight is 375 g/mol. The summed E-state index contributed by atoms with van der Waals surface area (Å²) < 4.78 is 32.7. The first-order valence-corrected chi connectivity index (χ1v) is 9.71. The topological polar surface area (TPSA) is 104 Å². The maximum atomic E-state index is 12.6. The minimum atomic E-state index is -3.63. The highest BCUT2D eigenvalue weighted by Crippen LogP contribution is 2.18. The second-order valence-electron chi connectivity index (χ2n) is 6.14. The number of aliphatic hydroxyl groups is 1. The number of aromatic nitrogens is 1. The van der Waals surface area contributed by atoms with Crippen molar-refractivity contribution >= 4 is 20.8 Å². The summed E-state index contributed by atoms with van der Waals surface area (Å²) in [6, 6.07) is 8.05. The lowest BCUT2D eigenvalue weighted by Crippen LogP contribution is -2.40. The fourth-order valence-corrected chi connectivity index (χ4v) is 3.90. The third-order valence-electron chi connectivity index (χ3n) is 3.99. The molecule has 1 aromatic carbocycles. The van der Waals surface area contributed by atoms with Gasteiger partial charge in [-0.25, -0.2) is 13.1 Å². The molecule has 1 unspecified atom stereocenters. The summed E-state index contributed by atoms with van der Waals surface area (Å²) in [5.74, 6) is 0. The molecule has 2 aromatic heterocycles. The Bertz CT molecular complexity index is 957. The first-order valence-electron chi connectivity index (χ1n) is 8.23. The van der Waals surface area contributed by atoms with Crippen molar-refractivity contribution in [2.45, 2.75) is 24.0 Å². The number of aliphatic hydroxyl groups excluding tert-OH is 1. The van der Waals surface area contributed by atoms with Crippen molar-refractivity contribution in [1.82, 2.24) is 15.0 Å². The first-order chi connectivity index (χ1) is 12.5. The minimum absolute atomic E-state index is 0.210. The molecule has 0 amide bonds. The lowest BCUT2D eigenvalue weighted by Gasteiger charge is -2.16. The average Bonchev–Trinajstić information content (AvgIpc) is 3.15. The summed E-state index contributed by atoms with van der Waals surface area (Å²) in [7, 11) is -3.63. The van der Waals surface area contributed by atoms with Gasteiger partial charge in [-0.2, -0.15) is 0 Å². The van der Waals surface area contributed by atoms with Gasteiger partial charge in [-0.15, -0.1) is 0 Å². The quantitative estimate of drug-likeness (QED) is 0.555. The van der Waals surface area contributed by atoms with Crippen LogP contribution in [0.2, 0.25) is 0 Å². The molecule has 0 saturated carbocycles. The highest BCUT2D eigenvalue weighted by molar-refractivity contribution is 7.89. The molecule has 0 saturated heterocycles. The molecule has 138 valence electrons. The van der Waals surface area contributed by atoms with Crippen LogP contribution in [0.3, 0.4) is 0 Å². The second kappa shape index (κ2) is 7.96. The van der Waals surface area contributed by atoms with E-state index in [4.69, 9.17) is 4.42 Å². The number of hydrogen-bond acceptors (Lipinski definition) is 6. The number of sulfonamides is 1. The van der Waals surface area contributed by atoms with Crippen LogP contribution in [0, 0.1) is 0 Å². The molecule has 0 aliphatic carbocycles. The van der Waals surface area contributed by atoms with E-state index >= 15 is 0 Å². The molecule has 2 atom stereocenters. The van der Waals surface area contributed by atoms with Crippen molar-refractivity contribution in [2.24, 2.45) is 0 Å². The molecule has 0 aliphatic heterocycles. The van der Waals surface area contributed by atoms with Gasteiger partial charge >= 0.3 is 0 Å². The fraction of sp³-hybridized carbons (Fsp3) is 0.278. The maximum Gasteiger partial charge on any atom is 0.240 e. The number of fused-ring (bicyclic) bond motifs is 1. The van der Waals surface area contributed by atoms with Crippen LogP contribution in [-0.4, -0.2) is 37.6 Å². The van der Waals surface area contributed by atoms with Crippen molar-refractivity contribution < 1.29 is 17.9 Å². The first kappa shape index (κ1) is 18.5. The Labute approximate surface area is 152 Å². The van der Waals surface area contributed by atoms with Gasteiger partial charge in [-0.05, 0) is 36.6 Å². The zero-order valence-electron chi connectivity index (χ0n) is 14.3. The van der Waals surface area contributed by atoms with Gasteiger partial charge in [-0.3, -0.25) is 4.98 Å². The molecule has 8 heteroatoms. The number of furan rings is 1. The highest BCUT2D eigenvalue weighted by Gasteiger charge is 2.18. The van der Waals surface area contributed by atoms with Crippen LogP contribution >= 0.6 is 0 Å². The third-order valence-corrected chi connectivity index (χ3v) is 5.58.